The highest BCUT2D eigenvalue weighted by Crippen LogP contribution is 2.11. The Hall–Kier alpha value is -1.69. The quantitative estimate of drug-likeness (QED) is 0.559. The van der Waals surface area contributed by atoms with Crippen LogP contribution < -0.4 is 5.09 Å². The lowest BCUT2D eigenvalue weighted by Gasteiger charge is -2.11. The molecule has 23 heavy (non-hydrogen) atoms. The van der Waals surface area contributed by atoms with Gasteiger partial charge in [-0.25, -0.2) is 5.09 Å². The summed E-state index contributed by atoms with van der Waals surface area (Å²) in [6, 6.07) is 11.0. The summed E-state index contributed by atoms with van der Waals surface area (Å²) < 4.78 is 10.3. The van der Waals surface area contributed by atoms with Crippen LogP contribution >= 0.6 is 8.18 Å². The third kappa shape index (κ3) is 22.7. The molecule has 0 amide bonds. The second-order valence-corrected chi connectivity index (χ2v) is 5.40. The molecule has 132 valence electrons. The Balaban J connectivity index is 0. The van der Waals surface area contributed by atoms with Gasteiger partial charge in [0.05, 0.1) is 12.8 Å². The van der Waals surface area contributed by atoms with E-state index in [1.807, 2.05) is 41.5 Å². The summed E-state index contributed by atoms with van der Waals surface area (Å²) in [5, 5.41) is 18.6. The Morgan fingerprint density at radius 2 is 1.22 bits per heavy atom. The van der Waals surface area contributed by atoms with E-state index in [-0.39, 0.29) is 0 Å². The highest BCUT2D eigenvalue weighted by Gasteiger charge is 2.17. The van der Waals surface area contributed by atoms with Gasteiger partial charge in [0.15, 0.2) is 0 Å². The lowest BCUT2D eigenvalue weighted by atomic mass is 10.1. The summed E-state index contributed by atoms with van der Waals surface area (Å²) in [6.07, 6.45) is 1.65. The van der Waals surface area contributed by atoms with Crippen LogP contribution in [0.1, 0.15) is 39.5 Å². The second-order valence-electron chi connectivity index (χ2n) is 4.50. The molecule has 0 saturated heterocycles. The Morgan fingerprint density at radius 1 is 0.913 bits per heavy atom. The third-order valence-electron chi connectivity index (χ3n) is 2.34. The van der Waals surface area contributed by atoms with E-state index in [2.05, 4.69) is 13.8 Å². The van der Waals surface area contributed by atoms with Crippen molar-refractivity contribution >= 4 is 20.1 Å². The van der Waals surface area contributed by atoms with Crippen LogP contribution in [0.2, 0.25) is 0 Å². The first-order valence-electron chi connectivity index (χ1n) is 7.26. The van der Waals surface area contributed by atoms with Gasteiger partial charge in [0.2, 0.25) is 0 Å². The summed E-state index contributed by atoms with van der Waals surface area (Å²) in [5.41, 5.74) is 0. The zero-order chi connectivity index (χ0) is 18.1. The summed E-state index contributed by atoms with van der Waals surface area (Å²) >= 11 is 0. The normalized spacial score (nSPS) is 10.6. The average Bonchev–Trinajstić information content (AvgIpc) is 2.48. The topological polar surface area (TPSA) is 124 Å². The molecule has 0 bridgehead atoms. The molecule has 0 fully saturated rings. The smallest absolute Gasteiger partial charge is 0.304 e. The molecular formula is C15H26NO6P. The Morgan fingerprint density at radius 3 is 1.39 bits per heavy atom. The molecule has 1 aromatic rings. The molecule has 0 radical (unpaired) electrons. The van der Waals surface area contributed by atoms with Crippen LogP contribution in [0.15, 0.2) is 36.4 Å². The lowest BCUT2D eigenvalue weighted by Crippen LogP contribution is -2.28. The number of hydrogen-bond acceptors (Lipinski definition) is 3. The van der Waals surface area contributed by atoms with Crippen molar-refractivity contribution in [3.8, 4) is 0 Å². The molecular weight excluding hydrogens is 321 g/mol. The molecule has 0 spiro atoms. The van der Waals surface area contributed by atoms with E-state index in [1.54, 1.807) is 0 Å². The van der Waals surface area contributed by atoms with E-state index < -0.39 is 39.0 Å². The van der Waals surface area contributed by atoms with E-state index in [1.165, 1.54) is 12.8 Å². The molecule has 4 N–H and O–H groups in total. The van der Waals surface area contributed by atoms with Crippen molar-refractivity contribution in [1.82, 2.24) is 5.09 Å². The van der Waals surface area contributed by atoms with Crippen LogP contribution in [-0.2, 0) is 14.2 Å². The van der Waals surface area contributed by atoms with E-state index in [0.717, 1.165) is 0 Å². The summed E-state index contributed by atoms with van der Waals surface area (Å²) in [6.45, 7) is 4.36. The number of aliphatic carboxylic acids is 2. The molecule has 8 heteroatoms. The van der Waals surface area contributed by atoms with Gasteiger partial charge in [0.25, 0.3) is 8.18 Å². The summed E-state index contributed by atoms with van der Waals surface area (Å²) in [7, 11) is -3.05. The standard InChI is InChI=1S/C6H6.C5H10NO6P.C4H10/c1-2-4-6-5-3-1;7-4(8)1-3(2-5(9)10)6-13(11)12;1-3-4-2/h1-6H;3,13H,1-2H2,(H,7,8)(H,9,10)(H2,6,11,12);3-4H2,1-2H3. The van der Waals surface area contributed by atoms with E-state index in [4.69, 9.17) is 15.1 Å². The number of unbranched alkanes of at least 4 members (excludes halogenated alkanes) is 1. The van der Waals surface area contributed by atoms with Crippen molar-refractivity contribution in [3.05, 3.63) is 36.4 Å². The maximum Gasteiger partial charge on any atom is 0.304 e. The SMILES string of the molecule is CCCC.O=C(O)CC(CC(=O)O)N[PH](=O)O.c1ccccc1. The molecule has 0 aliphatic rings. The summed E-state index contributed by atoms with van der Waals surface area (Å²) in [5.74, 6) is -2.44. The minimum atomic E-state index is -3.05. The zero-order valence-electron chi connectivity index (χ0n) is 13.4. The molecule has 0 aliphatic heterocycles. The molecule has 0 aromatic heterocycles. The fraction of sp³-hybridized carbons (Fsp3) is 0.467. The van der Waals surface area contributed by atoms with Gasteiger partial charge >= 0.3 is 11.9 Å². The molecule has 1 unspecified atom stereocenters. The van der Waals surface area contributed by atoms with Gasteiger partial charge in [-0.2, -0.15) is 0 Å². The van der Waals surface area contributed by atoms with Crippen LogP contribution in [0.3, 0.4) is 0 Å². The highest BCUT2D eigenvalue weighted by atomic mass is 31.1. The first-order chi connectivity index (χ1) is 10.8. The fourth-order valence-corrected chi connectivity index (χ4v) is 1.71. The highest BCUT2D eigenvalue weighted by molar-refractivity contribution is 7.35. The molecule has 1 rings (SSSR count). The number of carboxylic acids is 2. The largest absolute Gasteiger partial charge is 0.481 e. The van der Waals surface area contributed by atoms with Crippen LogP contribution in [0.4, 0.5) is 0 Å². The van der Waals surface area contributed by atoms with Crippen LogP contribution in [0.5, 0.6) is 0 Å². The maximum atomic E-state index is 10.3. The summed E-state index contributed by atoms with van der Waals surface area (Å²) in [4.78, 5) is 28.7. The molecule has 0 saturated carbocycles. The van der Waals surface area contributed by atoms with Gasteiger partial charge in [0, 0.05) is 6.04 Å². The van der Waals surface area contributed by atoms with Crippen LogP contribution in [-0.4, -0.2) is 33.1 Å². The number of hydrogen-bond donors (Lipinski definition) is 4. The van der Waals surface area contributed by atoms with Crippen molar-refractivity contribution in [1.29, 1.82) is 0 Å². The van der Waals surface area contributed by atoms with Gasteiger partial charge in [-0.1, -0.05) is 63.1 Å². The Bertz CT molecular complexity index is 374. The third-order valence-corrected chi connectivity index (χ3v) is 2.99. The van der Waals surface area contributed by atoms with E-state index in [9.17, 15) is 14.2 Å². The second kappa shape index (κ2) is 16.7. The predicted octanol–water partition coefficient (Wildman–Crippen LogP) is 2.77. The zero-order valence-corrected chi connectivity index (χ0v) is 14.4. The van der Waals surface area contributed by atoms with Crippen LogP contribution in [0.25, 0.3) is 0 Å². The number of rotatable bonds is 7. The first kappa shape index (κ1) is 23.6. The van der Waals surface area contributed by atoms with Crippen molar-refractivity contribution in [3.63, 3.8) is 0 Å². The average molecular weight is 347 g/mol. The van der Waals surface area contributed by atoms with Gasteiger partial charge in [-0.05, 0) is 0 Å². The molecule has 1 atom stereocenters. The number of carboxylic acid groups (broad SMARTS) is 2. The van der Waals surface area contributed by atoms with Gasteiger partial charge in [-0.15, -0.1) is 0 Å². The number of benzene rings is 1. The minimum Gasteiger partial charge on any atom is -0.481 e. The van der Waals surface area contributed by atoms with Crippen molar-refractivity contribution < 1.29 is 29.3 Å². The molecule has 1 aromatic carbocycles. The number of nitrogens with one attached hydrogen (secondary N) is 1. The van der Waals surface area contributed by atoms with Crippen LogP contribution in [0, 0.1) is 0 Å². The maximum absolute atomic E-state index is 10.3. The monoisotopic (exact) mass is 347 g/mol. The Kier molecular flexibility index (Phi) is 17.1. The van der Waals surface area contributed by atoms with Gasteiger partial charge in [-0.3, -0.25) is 14.2 Å². The Labute approximate surface area is 137 Å². The lowest BCUT2D eigenvalue weighted by molar-refractivity contribution is -0.139. The van der Waals surface area contributed by atoms with Gasteiger partial charge < -0.3 is 15.1 Å². The van der Waals surface area contributed by atoms with E-state index in [0.29, 0.717) is 0 Å². The molecule has 7 nitrogen and oxygen atoms in total. The van der Waals surface area contributed by atoms with Crippen molar-refractivity contribution in [2.24, 2.45) is 0 Å². The number of carbonyl (C=O) groups is 2. The molecule has 0 aliphatic carbocycles. The fourth-order valence-electron chi connectivity index (χ4n) is 1.16. The predicted molar refractivity (Wildman–Crippen MR) is 89.7 cm³/mol. The van der Waals surface area contributed by atoms with E-state index >= 15 is 0 Å². The van der Waals surface area contributed by atoms with Crippen molar-refractivity contribution in [2.75, 3.05) is 0 Å². The van der Waals surface area contributed by atoms with Crippen molar-refractivity contribution in [2.45, 2.75) is 45.6 Å². The van der Waals surface area contributed by atoms with Gasteiger partial charge in [0.1, 0.15) is 0 Å². The first-order valence-corrected chi connectivity index (χ1v) is 8.62. The molecule has 0 heterocycles. The minimum absolute atomic E-state index is 0.497.